The van der Waals surface area contributed by atoms with E-state index in [0.29, 0.717) is 12.4 Å². The topological polar surface area (TPSA) is 26.3 Å². The number of hydrogen-bond acceptors (Lipinski definition) is 2. The van der Waals surface area contributed by atoms with Crippen molar-refractivity contribution in [1.82, 2.24) is 0 Å². The highest BCUT2D eigenvalue weighted by Crippen LogP contribution is 2.30. The molecule has 0 spiro atoms. The molecule has 1 rings (SSSR count). The highest BCUT2D eigenvalue weighted by Gasteiger charge is 2.24. The first kappa shape index (κ1) is 8.57. The Morgan fingerprint density at radius 3 is 2.64 bits per heavy atom. The Morgan fingerprint density at radius 2 is 2.18 bits per heavy atom. The van der Waals surface area contributed by atoms with Crippen LogP contribution in [0.4, 0.5) is 0 Å². The van der Waals surface area contributed by atoms with E-state index in [-0.39, 0.29) is 6.10 Å². The second-order valence-corrected chi connectivity index (χ2v) is 3.22. The summed E-state index contributed by atoms with van der Waals surface area (Å²) < 4.78 is 4.99. The summed E-state index contributed by atoms with van der Waals surface area (Å²) in [6.45, 7) is 2.67. The number of ether oxygens (including phenoxy) is 1. The average Bonchev–Trinajstić information content (AvgIpc) is 2.52. The predicted octanol–water partition coefficient (Wildman–Crippen LogP) is 2.13. The number of hydrogen-bond donors (Lipinski definition) is 0. The summed E-state index contributed by atoms with van der Waals surface area (Å²) in [5, 5.41) is 0. The van der Waals surface area contributed by atoms with Crippen molar-refractivity contribution in [3.8, 4) is 0 Å². The molecule has 0 bridgehead atoms. The fourth-order valence-corrected chi connectivity index (χ4v) is 1.94. The minimum absolute atomic E-state index is 0.190. The monoisotopic (exact) mass is 156 g/mol. The molecule has 0 N–H and O–H groups in total. The molecular weight excluding hydrogens is 140 g/mol. The summed E-state index contributed by atoms with van der Waals surface area (Å²) in [6.07, 6.45) is 6.25. The molecule has 1 atom stereocenters. The van der Waals surface area contributed by atoms with E-state index in [0.717, 1.165) is 6.42 Å². The van der Waals surface area contributed by atoms with E-state index in [1.165, 1.54) is 25.7 Å². The Bertz CT molecular complexity index is 117. The van der Waals surface area contributed by atoms with Gasteiger partial charge in [0.1, 0.15) is 6.10 Å². The average molecular weight is 156 g/mol. The zero-order valence-electron chi connectivity index (χ0n) is 7.08. The van der Waals surface area contributed by atoms with Gasteiger partial charge >= 0.3 is 0 Å². The molecule has 0 aromatic carbocycles. The van der Waals surface area contributed by atoms with E-state index in [2.05, 4.69) is 6.92 Å². The maximum absolute atomic E-state index is 10.1. The van der Waals surface area contributed by atoms with E-state index < -0.39 is 0 Å². The molecule has 0 saturated heterocycles. The van der Waals surface area contributed by atoms with E-state index in [1.54, 1.807) is 0 Å². The number of carbonyl (C=O) groups excluding carboxylic acids is 1. The van der Waals surface area contributed by atoms with Gasteiger partial charge in [-0.15, -0.1) is 0 Å². The summed E-state index contributed by atoms with van der Waals surface area (Å²) >= 11 is 0. The lowest BCUT2D eigenvalue weighted by Crippen LogP contribution is -2.20. The third-order valence-corrected chi connectivity index (χ3v) is 2.56. The molecule has 1 saturated carbocycles. The van der Waals surface area contributed by atoms with Crippen molar-refractivity contribution in [2.24, 2.45) is 5.92 Å². The third-order valence-electron chi connectivity index (χ3n) is 2.56. The molecule has 1 unspecified atom stereocenters. The molecule has 0 aromatic rings. The molecule has 0 heterocycles. The summed E-state index contributed by atoms with van der Waals surface area (Å²) in [5.74, 6) is 0.644. The fraction of sp³-hybridized carbons (Fsp3) is 0.889. The van der Waals surface area contributed by atoms with Crippen LogP contribution < -0.4 is 0 Å². The second kappa shape index (κ2) is 4.37. The number of carbonyl (C=O) groups is 1. The molecule has 11 heavy (non-hydrogen) atoms. The summed E-state index contributed by atoms with van der Waals surface area (Å²) in [4.78, 5) is 10.1. The molecule has 0 aromatic heterocycles. The van der Waals surface area contributed by atoms with E-state index in [4.69, 9.17) is 4.74 Å². The van der Waals surface area contributed by atoms with Crippen molar-refractivity contribution >= 4 is 6.47 Å². The Hall–Kier alpha value is -0.530. The van der Waals surface area contributed by atoms with Gasteiger partial charge < -0.3 is 4.74 Å². The predicted molar refractivity (Wildman–Crippen MR) is 43.2 cm³/mol. The third kappa shape index (κ3) is 2.21. The lowest BCUT2D eigenvalue weighted by molar-refractivity contribution is -0.136. The maximum atomic E-state index is 10.1. The van der Waals surface area contributed by atoms with Gasteiger partial charge in [0, 0.05) is 0 Å². The fourth-order valence-electron chi connectivity index (χ4n) is 1.94. The van der Waals surface area contributed by atoms with Crippen LogP contribution >= 0.6 is 0 Å². The SMILES string of the molecule is CCC(OC=O)C1CCCC1. The minimum atomic E-state index is 0.190. The highest BCUT2D eigenvalue weighted by molar-refractivity contribution is 5.37. The van der Waals surface area contributed by atoms with Crippen molar-refractivity contribution < 1.29 is 9.53 Å². The van der Waals surface area contributed by atoms with Crippen LogP contribution in [0.3, 0.4) is 0 Å². The van der Waals surface area contributed by atoms with Crippen LogP contribution in [0.5, 0.6) is 0 Å². The van der Waals surface area contributed by atoms with Crippen LogP contribution in [0, 0.1) is 5.92 Å². The molecule has 1 aliphatic rings. The van der Waals surface area contributed by atoms with Crippen LogP contribution in [-0.4, -0.2) is 12.6 Å². The molecule has 0 amide bonds. The Morgan fingerprint density at radius 1 is 1.55 bits per heavy atom. The lowest BCUT2D eigenvalue weighted by atomic mass is 9.99. The van der Waals surface area contributed by atoms with Crippen LogP contribution in [0.25, 0.3) is 0 Å². The standard InChI is InChI=1S/C9H16O2/c1-2-9(11-7-10)8-5-3-4-6-8/h7-9H,2-6H2,1H3. The molecule has 64 valence electrons. The van der Waals surface area contributed by atoms with E-state index in [9.17, 15) is 4.79 Å². The smallest absolute Gasteiger partial charge is 0.293 e. The summed E-state index contributed by atoms with van der Waals surface area (Å²) in [7, 11) is 0. The van der Waals surface area contributed by atoms with Gasteiger partial charge in [-0.1, -0.05) is 19.8 Å². The normalized spacial score (nSPS) is 21.5. The van der Waals surface area contributed by atoms with Gasteiger partial charge in [0.2, 0.25) is 0 Å². The zero-order valence-corrected chi connectivity index (χ0v) is 7.08. The molecule has 1 fully saturated rings. The van der Waals surface area contributed by atoms with Gasteiger partial charge in [0.05, 0.1) is 0 Å². The summed E-state index contributed by atoms with van der Waals surface area (Å²) in [5.41, 5.74) is 0. The van der Waals surface area contributed by atoms with Crippen LogP contribution in [-0.2, 0) is 9.53 Å². The van der Waals surface area contributed by atoms with E-state index >= 15 is 0 Å². The molecule has 0 aliphatic heterocycles. The van der Waals surface area contributed by atoms with Crippen LogP contribution in [0.1, 0.15) is 39.0 Å². The molecule has 0 radical (unpaired) electrons. The molecule has 2 heteroatoms. The quantitative estimate of drug-likeness (QED) is 0.583. The van der Waals surface area contributed by atoms with Gasteiger partial charge in [-0.05, 0) is 25.2 Å². The largest absolute Gasteiger partial charge is 0.464 e. The molecular formula is C9H16O2. The van der Waals surface area contributed by atoms with Gasteiger partial charge in [0.15, 0.2) is 0 Å². The van der Waals surface area contributed by atoms with Crippen molar-refractivity contribution in [3.63, 3.8) is 0 Å². The maximum Gasteiger partial charge on any atom is 0.293 e. The van der Waals surface area contributed by atoms with Crippen molar-refractivity contribution in [2.75, 3.05) is 0 Å². The second-order valence-electron chi connectivity index (χ2n) is 3.22. The van der Waals surface area contributed by atoms with Crippen LogP contribution in [0.2, 0.25) is 0 Å². The van der Waals surface area contributed by atoms with Crippen molar-refractivity contribution in [3.05, 3.63) is 0 Å². The zero-order chi connectivity index (χ0) is 8.10. The van der Waals surface area contributed by atoms with Crippen LogP contribution in [0.15, 0.2) is 0 Å². The molecule has 1 aliphatic carbocycles. The first-order valence-corrected chi connectivity index (χ1v) is 4.47. The highest BCUT2D eigenvalue weighted by atomic mass is 16.5. The Labute approximate surface area is 67.9 Å². The molecule has 2 nitrogen and oxygen atoms in total. The van der Waals surface area contributed by atoms with Crippen molar-refractivity contribution in [1.29, 1.82) is 0 Å². The van der Waals surface area contributed by atoms with Gasteiger partial charge in [-0.3, -0.25) is 4.79 Å². The van der Waals surface area contributed by atoms with Gasteiger partial charge in [-0.25, -0.2) is 0 Å². The number of rotatable bonds is 4. The summed E-state index contributed by atoms with van der Waals surface area (Å²) in [6, 6.07) is 0. The van der Waals surface area contributed by atoms with Gasteiger partial charge in [-0.2, -0.15) is 0 Å². The lowest BCUT2D eigenvalue weighted by Gasteiger charge is -2.19. The first-order valence-electron chi connectivity index (χ1n) is 4.47. The first-order chi connectivity index (χ1) is 5.38. The van der Waals surface area contributed by atoms with Gasteiger partial charge in [0.25, 0.3) is 6.47 Å². The van der Waals surface area contributed by atoms with Crippen molar-refractivity contribution in [2.45, 2.75) is 45.1 Å². The Kier molecular flexibility index (Phi) is 3.40. The Balaban J connectivity index is 2.33. The van der Waals surface area contributed by atoms with E-state index in [1.807, 2.05) is 0 Å². The minimum Gasteiger partial charge on any atom is -0.464 e.